The summed E-state index contributed by atoms with van der Waals surface area (Å²) >= 11 is 0. The predicted molar refractivity (Wildman–Crippen MR) is 59.5 cm³/mol. The van der Waals surface area contributed by atoms with Gasteiger partial charge in [0, 0.05) is 19.2 Å². The summed E-state index contributed by atoms with van der Waals surface area (Å²) in [5.41, 5.74) is 0. The maximum absolute atomic E-state index is 9.36. The lowest BCUT2D eigenvalue weighted by molar-refractivity contribution is 0.0632. The summed E-state index contributed by atoms with van der Waals surface area (Å²) in [4.78, 5) is 2.29. The Hall–Kier alpha value is -0.120. The summed E-state index contributed by atoms with van der Waals surface area (Å²) in [6, 6.07) is 0.851. The van der Waals surface area contributed by atoms with Crippen molar-refractivity contribution >= 4 is 0 Å². The molecule has 0 aliphatic carbocycles. The number of aliphatic hydroxyl groups excluding tert-OH is 1. The standard InChI is InChI=1S/C11H25NO2/c1-6-11(7-10(3)13)12(4)9(2)8-14-5/h9-11,13H,6-8H2,1-5H3. The monoisotopic (exact) mass is 203 g/mol. The van der Waals surface area contributed by atoms with Crippen LogP contribution in [0.25, 0.3) is 0 Å². The molecule has 3 heteroatoms. The largest absolute Gasteiger partial charge is 0.393 e. The molecule has 0 saturated carbocycles. The SMILES string of the molecule is CCC(CC(C)O)N(C)C(C)COC. The Bertz CT molecular complexity index is 139. The van der Waals surface area contributed by atoms with Crippen molar-refractivity contribution in [3.8, 4) is 0 Å². The third-order valence-corrected chi connectivity index (χ3v) is 2.76. The van der Waals surface area contributed by atoms with Crippen molar-refractivity contribution in [2.24, 2.45) is 0 Å². The molecular weight excluding hydrogens is 178 g/mol. The number of hydrogen-bond acceptors (Lipinski definition) is 3. The molecular formula is C11H25NO2. The normalized spacial score (nSPS) is 18.2. The van der Waals surface area contributed by atoms with Crippen molar-refractivity contribution in [1.29, 1.82) is 0 Å². The first-order valence-electron chi connectivity index (χ1n) is 5.41. The van der Waals surface area contributed by atoms with Gasteiger partial charge in [-0.15, -0.1) is 0 Å². The first-order chi connectivity index (χ1) is 6.52. The van der Waals surface area contributed by atoms with Crippen molar-refractivity contribution in [2.75, 3.05) is 20.8 Å². The second-order valence-corrected chi connectivity index (χ2v) is 4.12. The third-order valence-electron chi connectivity index (χ3n) is 2.76. The van der Waals surface area contributed by atoms with Gasteiger partial charge in [0.1, 0.15) is 0 Å². The fraction of sp³-hybridized carbons (Fsp3) is 1.00. The van der Waals surface area contributed by atoms with Gasteiger partial charge in [0.2, 0.25) is 0 Å². The van der Waals surface area contributed by atoms with Crippen molar-refractivity contribution < 1.29 is 9.84 Å². The minimum absolute atomic E-state index is 0.225. The Labute approximate surface area is 88.1 Å². The van der Waals surface area contributed by atoms with E-state index in [0.29, 0.717) is 12.1 Å². The number of likely N-dealkylation sites (N-methyl/N-ethyl adjacent to an activating group) is 1. The molecule has 0 bridgehead atoms. The molecule has 14 heavy (non-hydrogen) atoms. The van der Waals surface area contributed by atoms with Crippen molar-refractivity contribution in [1.82, 2.24) is 4.90 Å². The molecule has 0 radical (unpaired) electrons. The molecule has 3 atom stereocenters. The van der Waals surface area contributed by atoms with Crippen LogP contribution in [-0.4, -0.2) is 49.0 Å². The van der Waals surface area contributed by atoms with E-state index in [-0.39, 0.29) is 6.10 Å². The van der Waals surface area contributed by atoms with E-state index in [0.717, 1.165) is 19.4 Å². The van der Waals surface area contributed by atoms with Gasteiger partial charge in [-0.2, -0.15) is 0 Å². The minimum Gasteiger partial charge on any atom is -0.393 e. The van der Waals surface area contributed by atoms with Gasteiger partial charge in [0.15, 0.2) is 0 Å². The van der Waals surface area contributed by atoms with E-state index < -0.39 is 0 Å². The quantitative estimate of drug-likeness (QED) is 0.680. The van der Waals surface area contributed by atoms with E-state index in [1.54, 1.807) is 7.11 Å². The summed E-state index contributed by atoms with van der Waals surface area (Å²) < 4.78 is 5.12. The number of aliphatic hydroxyl groups is 1. The van der Waals surface area contributed by atoms with Gasteiger partial charge in [-0.05, 0) is 33.7 Å². The van der Waals surface area contributed by atoms with Gasteiger partial charge in [-0.1, -0.05) is 6.92 Å². The Morgan fingerprint density at radius 1 is 1.36 bits per heavy atom. The van der Waals surface area contributed by atoms with Crippen molar-refractivity contribution in [2.45, 2.75) is 51.8 Å². The summed E-state index contributed by atoms with van der Waals surface area (Å²) in [7, 11) is 3.82. The van der Waals surface area contributed by atoms with Crippen molar-refractivity contribution in [3.63, 3.8) is 0 Å². The molecule has 3 nitrogen and oxygen atoms in total. The molecule has 0 fully saturated rings. The molecule has 3 unspecified atom stereocenters. The van der Waals surface area contributed by atoms with E-state index in [2.05, 4.69) is 25.8 Å². The second kappa shape index (κ2) is 7.21. The van der Waals surface area contributed by atoms with Crippen LogP contribution in [-0.2, 0) is 4.74 Å². The summed E-state index contributed by atoms with van der Waals surface area (Å²) in [5.74, 6) is 0. The van der Waals surface area contributed by atoms with E-state index in [1.165, 1.54) is 0 Å². The number of nitrogens with zero attached hydrogens (tertiary/aromatic N) is 1. The topological polar surface area (TPSA) is 32.7 Å². The molecule has 0 rings (SSSR count). The predicted octanol–water partition coefficient (Wildman–Crippen LogP) is 1.50. The molecule has 0 saturated heterocycles. The first-order valence-corrected chi connectivity index (χ1v) is 5.41. The van der Waals surface area contributed by atoms with Crippen LogP contribution >= 0.6 is 0 Å². The maximum atomic E-state index is 9.36. The van der Waals surface area contributed by atoms with Crippen LogP contribution in [0.4, 0.5) is 0 Å². The molecule has 1 N–H and O–H groups in total. The molecule has 0 aliphatic heterocycles. The smallest absolute Gasteiger partial charge is 0.0615 e. The number of rotatable bonds is 7. The molecule has 0 heterocycles. The van der Waals surface area contributed by atoms with Gasteiger partial charge in [-0.3, -0.25) is 4.90 Å². The second-order valence-electron chi connectivity index (χ2n) is 4.12. The fourth-order valence-electron chi connectivity index (χ4n) is 1.73. The van der Waals surface area contributed by atoms with E-state index in [1.807, 2.05) is 6.92 Å². The first kappa shape index (κ1) is 13.9. The average molecular weight is 203 g/mol. The zero-order chi connectivity index (χ0) is 11.1. The highest BCUT2D eigenvalue weighted by Crippen LogP contribution is 2.12. The summed E-state index contributed by atoms with van der Waals surface area (Å²) in [5, 5.41) is 9.36. The molecule has 0 aromatic carbocycles. The summed E-state index contributed by atoms with van der Waals surface area (Å²) in [6.07, 6.45) is 1.67. The molecule has 0 aliphatic rings. The van der Waals surface area contributed by atoms with Crippen LogP contribution in [0.15, 0.2) is 0 Å². The highest BCUT2D eigenvalue weighted by atomic mass is 16.5. The average Bonchev–Trinajstić information content (AvgIpc) is 2.13. The molecule has 86 valence electrons. The lowest BCUT2D eigenvalue weighted by Crippen LogP contribution is -2.42. The van der Waals surface area contributed by atoms with Gasteiger partial charge >= 0.3 is 0 Å². The highest BCUT2D eigenvalue weighted by Gasteiger charge is 2.19. The van der Waals surface area contributed by atoms with Crippen molar-refractivity contribution in [3.05, 3.63) is 0 Å². The Morgan fingerprint density at radius 3 is 2.29 bits per heavy atom. The molecule has 0 aromatic rings. The lowest BCUT2D eigenvalue weighted by atomic mass is 10.0. The molecule has 0 aromatic heterocycles. The fourth-order valence-corrected chi connectivity index (χ4v) is 1.73. The Morgan fingerprint density at radius 2 is 1.93 bits per heavy atom. The van der Waals surface area contributed by atoms with Gasteiger partial charge in [0.05, 0.1) is 12.7 Å². The number of hydrogen-bond donors (Lipinski definition) is 1. The van der Waals surface area contributed by atoms with Crippen LogP contribution in [0.5, 0.6) is 0 Å². The van der Waals surface area contributed by atoms with E-state index >= 15 is 0 Å². The molecule has 0 spiro atoms. The minimum atomic E-state index is -0.225. The van der Waals surface area contributed by atoms with Crippen LogP contribution in [0.3, 0.4) is 0 Å². The van der Waals surface area contributed by atoms with E-state index in [4.69, 9.17) is 4.74 Å². The van der Waals surface area contributed by atoms with Gasteiger partial charge < -0.3 is 9.84 Å². The van der Waals surface area contributed by atoms with Crippen LogP contribution in [0.1, 0.15) is 33.6 Å². The van der Waals surface area contributed by atoms with E-state index in [9.17, 15) is 5.11 Å². The van der Waals surface area contributed by atoms with Crippen LogP contribution < -0.4 is 0 Å². The zero-order valence-corrected chi connectivity index (χ0v) is 10.2. The highest BCUT2D eigenvalue weighted by molar-refractivity contribution is 4.74. The number of methoxy groups -OCH3 is 1. The lowest BCUT2D eigenvalue weighted by Gasteiger charge is -2.33. The maximum Gasteiger partial charge on any atom is 0.0615 e. The van der Waals surface area contributed by atoms with Crippen LogP contribution in [0, 0.1) is 0 Å². The number of ether oxygens (including phenoxy) is 1. The molecule has 0 amide bonds. The van der Waals surface area contributed by atoms with Gasteiger partial charge in [-0.25, -0.2) is 0 Å². The zero-order valence-electron chi connectivity index (χ0n) is 10.2. The Kier molecular flexibility index (Phi) is 7.15. The summed E-state index contributed by atoms with van der Waals surface area (Å²) in [6.45, 7) is 6.89. The van der Waals surface area contributed by atoms with Gasteiger partial charge in [0.25, 0.3) is 0 Å². The Balaban J connectivity index is 4.07. The van der Waals surface area contributed by atoms with Crippen LogP contribution in [0.2, 0.25) is 0 Å². The third kappa shape index (κ3) is 4.94.